The average molecular weight is 393 g/mol. The maximum Gasteiger partial charge on any atom is 0.262 e. The fourth-order valence-electron chi connectivity index (χ4n) is 2.63. The molecule has 2 aromatic rings. The van der Waals surface area contributed by atoms with Gasteiger partial charge in [0.15, 0.2) is 0 Å². The Bertz CT molecular complexity index is 929. The number of rotatable bonds is 5. The molecule has 2 aromatic carbocycles. The number of ether oxygens (including phenoxy) is 1. The van der Waals surface area contributed by atoms with Crippen LogP contribution in [0.3, 0.4) is 0 Å². The summed E-state index contributed by atoms with van der Waals surface area (Å²) in [6, 6.07) is 11.6. The van der Waals surface area contributed by atoms with Gasteiger partial charge in [0.25, 0.3) is 10.0 Å². The van der Waals surface area contributed by atoms with Crippen LogP contribution in [0.25, 0.3) is 0 Å². The zero-order valence-electron chi connectivity index (χ0n) is 14.5. The van der Waals surface area contributed by atoms with Crippen LogP contribution in [0.5, 0.6) is 5.75 Å². The highest BCUT2D eigenvalue weighted by Crippen LogP contribution is 2.36. The first-order valence-electron chi connectivity index (χ1n) is 8.24. The lowest BCUT2D eigenvalue weighted by Crippen LogP contribution is -2.15. The number of carbonyl (C=O) groups excluding carboxylic acids is 1. The SMILES string of the molecule is CCOc1ccccc1NS(=O)(=O)c1ccc2c(c1)NC(=O)C[C@H](C)S2. The van der Waals surface area contributed by atoms with Crippen molar-refractivity contribution in [2.45, 2.75) is 35.3 Å². The Morgan fingerprint density at radius 1 is 1.27 bits per heavy atom. The molecule has 3 rings (SSSR count). The molecule has 0 unspecified atom stereocenters. The standard InChI is InChI=1S/C18H20N2O4S2/c1-3-24-16-7-5-4-6-14(16)20-26(22,23)13-8-9-17-15(11-13)19-18(21)10-12(2)25-17/h4-9,11-12,20H,3,10H2,1-2H3,(H,19,21)/t12-/m0/s1. The number of thioether (sulfide) groups is 1. The Hall–Kier alpha value is -2.19. The van der Waals surface area contributed by atoms with E-state index in [9.17, 15) is 13.2 Å². The van der Waals surface area contributed by atoms with Crippen molar-refractivity contribution in [3.05, 3.63) is 42.5 Å². The van der Waals surface area contributed by atoms with Gasteiger partial charge in [-0.25, -0.2) is 8.42 Å². The van der Waals surface area contributed by atoms with E-state index in [1.54, 1.807) is 48.2 Å². The highest BCUT2D eigenvalue weighted by Gasteiger charge is 2.23. The lowest BCUT2D eigenvalue weighted by Gasteiger charge is -2.14. The maximum absolute atomic E-state index is 12.8. The summed E-state index contributed by atoms with van der Waals surface area (Å²) in [5, 5.41) is 2.92. The highest BCUT2D eigenvalue weighted by molar-refractivity contribution is 8.00. The summed E-state index contributed by atoms with van der Waals surface area (Å²) >= 11 is 1.55. The Labute approximate surface area is 157 Å². The first kappa shape index (κ1) is 18.6. The normalized spacial score (nSPS) is 17.0. The van der Waals surface area contributed by atoms with Crippen LogP contribution in [-0.4, -0.2) is 26.2 Å². The molecule has 0 saturated heterocycles. The molecule has 1 aliphatic rings. The van der Waals surface area contributed by atoms with Gasteiger partial charge in [0.2, 0.25) is 5.91 Å². The molecule has 2 N–H and O–H groups in total. The second-order valence-electron chi connectivity index (χ2n) is 5.87. The molecule has 0 aromatic heterocycles. The van der Waals surface area contributed by atoms with Gasteiger partial charge >= 0.3 is 0 Å². The van der Waals surface area contributed by atoms with Crippen molar-refractivity contribution in [2.24, 2.45) is 0 Å². The van der Waals surface area contributed by atoms with Crippen molar-refractivity contribution in [3.63, 3.8) is 0 Å². The van der Waals surface area contributed by atoms with E-state index in [-0.39, 0.29) is 16.1 Å². The van der Waals surface area contributed by atoms with E-state index >= 15 is 0 Å². The second kappa shape index (κ2) is 7.59. The molecule has 0 fully saturated rings. The molecule has 1 amide bonds. The lowest BCUT2D eigenvalue weighted by molar-refractivity contribution is -0.116. The molecule has 0 bridgehead atoms. The third kappa shape index (κ3) is 4.13. The minimum Gasteiger partial charge on any atom is -0.492 e. The molecule has 1 heterocycles. The predicted molar refractivity (Wildman–Crippen MR) is 103 cm³/mol. The topological polar surface area (TPSA) is 84.5 Å². The molecule has 1 aliphatic heterocycles. The first-order valence-corrected chi connectivity index (χ1v) is 10.6. The summed E-state index contributed by atoms with van der Waals surface area (Å²) in [6.45, 7) is 4.23. The smallest absolute Gasteiger partial charge is 0.262 e. The van der Waals surface area contributed by atoms with Crippen molar-refractivity contribution in [1.29, 1.82) is 0 Å². The molecule has 0 aliphatic carbocycles. The number of fused-ring (bicyclic) bond motifs is 1. The van der Waals surface area contributed by atoms with E-state index < -0.39 is 10.0 Å². The van der Waals surface area contributed by atoms with Gasteiger partial charge < -0.3 is 10.1 Å². The molecule has 0 saturated carbocycles. The number of benzene rings is 2. The molecule has 26 heavy (non-hydrogen) atoms. The Kier molecular flexibility index (Phi) is 5.43. The summed E-state index contributed by atoms with van der Waals surface area (Å²) in [7, 11) is -3.82. The number of hydrogen-bond acceptors (Lipinski definition) is 5. The Morgan fingerprint density at radius 3 is 2.81 bits per heavy atom. The van der Waals surface area contributed by atoms with E-state index in [1.807, 2.05) is 13.8 Å². The molecule has 1 atom stereocenters. The van der Waals surface area contributed by atoms with Crippen LogP contribution in [-0.2, 0) is 14.8 Å². The highest BCUT2D eigenvalue weighted by atomic mass is 32.2. The minimum absolute atomic E-state index is 0.0815. The van der Waals surface area contributed by atoms with E-state index in [0.29, 0.717) is 30.2 Å². The van der Waals surface area contributed by atoms with Crippen LogP contribution in [0.2, 0.25) is 0 Å². The summed E-state index contributed by atoms with van der Waals surface area (Å²) in [4.78, 5) is 12.9. The van der Waals surface area contributed by atoms with Crippen LogP contribution in [0.1, 0.15) is 20.3 Å². The van der Waals surface area contributed by atoms with E-state index in [2.05, 4.69) is 10.0 Å². The van der Waals surface area contributed by atoms with Crippen molar-refractivity contribution in [3.8, 4) is 5.75 Å². The van der Waals surface area contributed by atoms with Gasteiger partial charge in [0.05, 0.1) is 22.9 Å². The van der Waals surface area contributed by atoms with Crippen LogP contribution >= 0.6 is 11.8 Å². The number of carbonyl (C=O) groups is 1. The van der Waals surface area contributed by atoms with E-state index in [1.165, 1.54) is 6.07 Å². The summed E-state index contributed by atoms with van der Waals surface area (Å²) in [5.41, 5.74) is 0.890. The number of para-hydroxylation sites is 2. The summed E-state index contributed by atoms with van der Waals surface area (Å²) in [6.07, 6.45) is 0.390. The zero-order chi connectivity index (χ0) is 18.7. The molecular weight excluding hydrogens is 372 g/mol. The van der Waals surface area contributed by atoms with Crippen LogP contribution in [0.4, 0.5) is 11.4 Å². The van der Waals surface area contributed by atoms with Crippen molar-refractivity contribution in [1.82, 2.24) is 0 Å². The van der Waals surface area contributed by atoms with Crippen LogP contribution < -0.4 is 14.8 Å². The number of hydrogen-bond donors (Lipinski definition) is 2. The van der Waals surface area contributed by atoms with Gasteiger partial charge in [0.1, 0.15) is 5.75 Å². The third-order valence-corrected chi connectivity index (χ3v) is 6.31. The lowest BCUT2D eigenvalue weighted by atomic mass is 10.3. The number of sulfonamides is 1. The largest absolute Gasteiger partial charge is 0.492 e. The average Bonchev–Trinajstić information content (AvgIpc) is 2.72. The van der Waals surface area contributed by atoms with E-state index in [0.717, 1.165) is 4.90 Å². The van der Waals surface area contributed by atoms with Crippen LogP contribution in [0.15, 0.2) is 52.3 Å². The fraction of sp³-hybridized carbons (Fsp3) is 0.278. The van der Waals surface area contributed by atoms with Gasteiger partial charge in [-0.15, -0.1) is 11.8 Å². The zero-order valence-corrected chi connectivity index (χ0v) is 16.1. The molecule has 8 heteroatoms. The van der Waals surface area contributed by atoms with E-state index in [4.69, 9.17) is 4.74 Å². The second-order valence-corrected chi connectivity index (χ2v) is 9.04. The fourth-order valence-corrected chi connectivity index (χ4v) is 4.78. The maximum atomic E-state index is 12.8. The first-order chi connectivity index (χ1) is 12.4. The Balaban J connectivity index is 1.92. The molecular formula is C18H20N2O4S2. The Morgan fingerprint density at radius 2 is 2.04 bits per heavy atom. The van der Waals surface area contributed by atoms with Gasteiger partial charge in [-0.1, -0.05) is 19.1 Å². The number of nitrogens with one attached hydrogen (secondary N) is 2. The summed E-state index contributed by atoms with van der Waals surface area (Å²) < 4.78 is 33.6. The number of anilines is 2. The monoisotopic (exact) mass is 392 g/mol. The van der Waals surface area contributed by atoms with Crippen molar-refractivity contribution in [2.75, 3.05) is 16.6 Å². The molecule has 0 radical (unpaired) electrons. The number of amides is 1. The predicted octanol–water partition coefficient (Wildman–Crippen LogP) is 3.71. The van der Waals surface area contributed by atoms with Crippen molar-refractivity contribution >= 4 is 39.1 Å². The van der Waals surface area contributed by atoms with Crippen LogP contribution in [0, 0.1) is 0 Å². The quantitative estimate of drug-likeness (QED) is 0.810. The van der Waals surface area contributed by atoms with Gasteiger partial charge in [-0.3, -0.25) is 9.52 Å². The molecule has 0 spiro atoms. The van der Waals surface area contributed by atoms with Gasteiger partial charge in [0, 0.05) is 16.6 Å². The molecule has 138 valence electrons. The minimum atomic E-state index is -3.82. The van der Waals surface area contributed by atoms with Crippen molar-refractivity contribution < 1.29 is 17.9 Å². The third-order valence-electron chi connectivity index (χ3n) is 3.77. The summed E-state index contributed by atoms with van der Waals surface area (Å²) in [5.74, 6) is 0.346. The molecule has 6 nitrogen and oxygen atoms in total. The van der Waals surface area contributed by atoms with Gasteiger partial charge in [-0.05, 0) is 37.3 Å². The van der Waals surface area contributed by atoms with Gasteiger partial charge in [-0.2, -0.15) is 0 Å².